The van der Waals surface area contributed by atoms with E-state index in [0.29, 0.717) is 52.4 Å². The Kier molecular flexibility index (Phi) is 22.2. The topological polar surface area (TPSA) is 155 Å². The van der Waals surface area contributed by atoms with Gasteiger partial charge in [0.15, 0.2) is 52.4 Å². The number of aromatic nitrogens is 9. The van der Waals surface area contributed by atoms with E-state index in [2.05, 4.69) is 322 Å². The molecular formula is C135H83N9O3S. The highest BCUT2D eigenvalue weighted by Crippen LogP contribution is 2.48. The lowest BCUT2D eigenvalue weighted by molar-refractivity contribution is 0.668. The molecule has 13 heteroatoms. The Bertz CT molecular complexity index is 9670. The lowest BCUT2D eigenvalue weighted by Gasteiger charge is -2.10. The molecule has 7 aromatic heterocycles. The highest BCUT2D eigenvalue weighted by atomic mass is 32.1. The van der Waals surface area contributed by atoms with Gasteiger partial charge in [0.05, 0.1) is 0 Å². The molecule has 0 amide bonds. The predicted molar refractivity (Wildman–Crippen MR) is 608 cm³/mol. The first-order valence-corrected chi connectivity index (χ1v) is 50.2. The van der Waals surface area contributed by atoms with Crippen molar-refractivity contribution in [1.82, 2.24) is 44.9 Å². The third kappa shape index (κ3) is 16.4. The van der Waals surface area contributed by atoms with Crippen LogP contribution in [0.4, 0.5) is 0 Å². The second-order valence-corrected chi connectivity index (χ2v) is 37.9. The number of rotatable bonds is 15. The van der Waals surface area contributed by atoms with Gasteiger partial charge in [0.1, 0.15) is 33.5 Å². The average Bonchev–Trinajstić information content (AvgIpc) is 1.60. The van der Waals surface area contributed by atoms with E-state index in [9.17, 15) is 0 Å². The predicted octanol–water partition coefficient (Wildman–Crippen LogP) is 36.1. The van der Waals surface area contributed by atoms with Crippen LogP contribution in [0.5, 0.6) is 0 Å². The number of nitrogens with zero attached hydrogens (tertiary/aromatic N) is 9. The van der Waals surface area contributed by atoms with Gasteiger partial charge in [0.25, 0.3) is 0 Å². The summed E-state index contributed by atoms with van der Waals surface area (Å²) in [7, 11) is 0. The van der Waals surface area contributed by atoms with E-state index in [1.165, 1.54) is 63.6 Å². The van der Waals surface area contributed by atoms with E-state index < -0.39 is 0 Å². The zero-order valence-electron chi connectivity index (χ0n) is 79.6. The molecule has 22 aromatic carbocycles. The van der Waals surface area contributed by atoms with Gasteiger partial charge >= 0.3 is 0 Å². The number of hydrogen-bond acceptors (Lipinski definition) is 13. The maximum Gasteiger partial charge on any atom is 0.164 e. The monoisotopic (exact) mass is 1910 g/mol. The normalized spacial score (nSPS) is 11.5. The third-order valence-corrected chi connectivity index (χ3v) is 29.0. The van der Waals surface area contributed by atoms with Crippen LogP contribution in [0.3, 0.4) is 0 Å². The second-order valence-electron chi connectivity index (χ2n) is 36.8. The Morgan fingerprint density at radius 3 is 0.784 bits per heavy atom. The number of para-hydroxylation sites is 1. The van der Waals surface area contributed by atoms with Crippen LogP contribution in [-0.2, 0) is 0 Å². The molecule has 7 heterocycles. The van der Waals surface area contributed by atoms with Crippen LogP contribution < -0.4 is 0 Å². The molecule has 29 rings (SSSR count). The van der Waals surface area contributed by atoms with Crippen LogP contribution in [0.25, 0.3) is 288 Å². The van der Waals surface area contributed by atoms with Gasteiger partial charge in [0.2, 0.25) is 0 Å². The Labute approximate surface area is 854 Å². The van der Waals surface area contributed by atoms with E-state index >= 15 is 0 Å². The number of thiophene rings is 1. The van der Waals surface area contributed by atoms with E-state index in [-0.39, 0.29) is 0 Å². The van der Waals surface area contributed by atoms with Crippen LogP contribution in [0.15, 0.2) is 517 Å². The minimum atomic E-state index is 0.601. The largest absolute Gasteiger partial charge is 0.456 e. The Morgan fingerprint density at radius 1 is 0.128 bits per heavy atom. The molecule has 0 fully saturated rings. The molecule has 0 aliphatic rings. The molecule has 0 N–H and O–H groups in total. The molecule has 0 radical (unpaired) electrons. The summed E-state index contributed by atoms with van der Waals surface area (Å²) in [4.78, 5) is 44.5. The molecule has 12 nitrogen and oxygen atoms in total. The Balaban J connectivity index is 0.000000110. The fourth-order valence-corrected chi connectivity index (χ4v) is 21.8. The zero-order valence-corrected chi connectivity index (χ0v) is 80.4. The lowest BCUT2D eigenvalue weighted by Crippen LogP contribution is -2.00. The first-order chi connectivity index (χ1) is 73.3. The molecule has 0 saturated carbocycles. The SMILES string of the molecule is c1ccc(-c2nc(-c3ccc(-c4ccc(-c5cccc6oc7ccc8ccccc8c7c56)cc4)cc3)nc(-c3cccc4oc5ccccc5c34)n2)cc1.c1ccc(-c2nc(-c3ccccc3)nc(-c3cccc(-c4ccc(-c5cccc6oc7ccc8ccccc8c7c56)cc4)c3)n2)cc1.c1ccc(-c2nc(-c3ccccc3)nc(-c3cccc(-c4ccc(-c5cccc6sc7ccc8ccccc8c7c56)cc4)c3)n2)cc1. The van der Waals surface area contributed by atoms with Gasteiger partial charge in [-0.2, -0.15) is 0 Å². The average molecular weight is 1910 g/mol. The number of benzene rings is 22. The number of fused-ring (bicyclic) bond motifs is 18. The first-order valence-electron chi connectivity index (χ1n) is 49.4. The van der Waals surface area contributed by atoms with Gasteiger partial charge in [-0.15, -0.1) is 11.3 Å². The molecule has 0 unspecified atom stereocenters. The summed E-state index contributed by atoms with van der Waals surface area (Å²) in [6.07, 6.45) is 0. The van der Waals surface area contributed by atoms with Crippen molar-refractivity contribution < 1.29 is 13.3 Å². The fourth-order valence-electron chi connectivity index (χ4n) is 20.7. The maximum atomic E-state index is 6.34. The molecule has 0 atom stereocenters. The van der Waals surface area contributed by atoms with Crippen molar-refractivity contribution in [3.8, 4) is 169 Å². The summed E-state index contributed by atoms with van der Waals surface area (Å²) in [6.45, 7) is 0. The summed E-state index contributed by atoms with van der Waals surface area (Å²) in [5.74, 6) is 5.74. The molecular weight excluding hydrogens is 1830 g/mol. The third-order valence-electron chi connectivity index (χ3n) is 27.8. The quantitative estimate of drug-likeness (QED) is 0.0959. The van der Waals surface area contributed by atoms with E-state index in [4.69, 9.17) is 58.1 Å². The molecule has 692 valence electrons. The van der Waals surface area contributed by atoms with Crippen molar-refractivity contribution in [3.63, 3.8) is 0 Å². The lowest BCUT2D eigenvalue weighted by atomic mass is 9.95. The minimum Gasteiger partial charge on any atom is -0.456 e. The second kappa shape index (κ2) is 37.6. The van der Waals surface area contributed by atoms with Gasteiger partial charge in [-0.3, -0.25) is 0 Å². The van der Waals surface area contributed by atoms with Crippen molar-refractivity contribution in [3.05, 3.63) is 504 Å². The van der Waals surface area contributed by atoms with Crippen LogP contribution in [-0.4, -0.2) is 44.9 Å². The summed E-state index contributed by atoms with van der Waals surface area (Å²) in [5, 5.41) is 16.7. The van der Waals surface area contributed by atoms with Gasteiger partial charge in [0, 0.05) is 103 Å². The molecule has 29 aromatic rings. The van der Waals surface area contributed by atoms with Gasteiger partial charge in [-0.1, -0.05) is 443 Å². The zero-order chi connectivity index (χ0) is 97.9. The van der Waals surface area contributed by atoms with Crippen molar-refractivity contribution in [2.24, 2.45) is 0 Å². The Morgan fingerprint density at radius 2 is 0.378 bits per heavy atom. The van der Waals surface area contributed by atoms with Crippen molar-refractivity contribution in [1.29, 1.82) is 0 Å². The molecule has 0 aliphatic carbocycles. The van der Waals surface area contributed by atoms with Crippen molar-refractivity contribution in [2.75, 3.05) is 0 Å². The number of furan rings is 3. The van der Waals surface area contributed by atoms with Gasteiger partial charge < -0.3 is 13.3 Å². The highest BCUT2D eigenvalue weighted by Gasteiger charge is 2.25. The Hall–Kier alpha value is -19.7. The summed E-state index contributed by atoms with van der Waals surface area (Å²) in [6, 6.07) is 174. The van der Waals surface area contributed by atoms with Crippen molar-refractivity contribution >= 4 is 130 Å². The van der Waals surface area contributed by atoms with E-state index in [0.717, 1.165) is 172 Å². The summed E-state index contributed by atoms with van der Waals surface area (Å²) < 4.78 is 21.5. The maximum absolute atomic E-state index is 6.34. The van der Waals surface area contributed by atoms with Gasteiger partial charge in [-0.05, 0) is 160 Å². The smallest absolute Gasteiger partial charge is 0.164 e. The van der Waals surface area contributed by atoms with Crippen LogP contribution >= 0.6 is 11.3 Å². The highest BCUT2D eigenvalue weighted by molar-refractivity contribution is 7.26. The van der Waals surface area contributed by atoms with Gasteiger partial charge in [-0.25, -0.2) is 44.9 Å². The fraction of sp³-hybridized carbons (Fsp3) is 0. The summed E-state index contributed by atoms with van der Waals surface area (Å²) >= 11 is 1.87. The van der Waals surface area contributed by atoms with E-state index in [1.54, 1.807) is 0 Å². The van der Waals surface area contributed by atoms with Crippen LogP contribution in [0.1, 0.15) is 0 Å². The summed E-state index contributed by atoms with van der Waals surface area (Å²) in [5.41, 5.74) is 27.4. The van der Waals surface area contributed by atoms with Crippen LogP contribution in [0.2, 0.25) is 0 Å². The standard InChI is InChI=1S/C49H29N3O2.C43H27N3O.C43H27N3S/c1-2-11-34(12-3-1)47-50-48(52-49(51-47)39-16-9-18-41-44(39)38-14-6-7-17-40(38)53-41)35-26-22-31(23-27-35)30-20-24-33(25-21-30)37-15-8-19-42-45(37)46-36-13-5-4-10-32(36)28-29-43(46)54-42;2*1-3-12-31(13-4-1)41-44-42(32-14-5-2-6-15-32)46-43(45-41)34-17-9-16-33(27-34)28-21-23-30(24-22-28)36-19-10-20-37-39(36)40-35-18-8-7-11-29(35)25-26-38(40)47-37/h1-29H;2*1-27H. The van der Waals surface area contributed by atoms with E-state index in [1.807, 2.05) is 193 Å². The number of hydrogen-bond donors (Lipinski definition) is 0. The molecule has 0 bridgehead atoms. The molecule has 0 aliphatic heterocycles. The van der Waals surface area contributed by atoms with Crippen LogP contribution in [0, 0.1) is 0 Å². The molecule has 0 spiro atoms. The van der Waals surface area contributed by atoms with Crippen molar-refractivity contribution in [2.45, 2.75) is 0 Å². The minimum absolute atomic E-state index is 0.601. The first kappa shape index (κ1) is 87.3. The molecule has 0 saturated heterocycles. The molecule has 148 heavy (non-hydrogen) atoms.